The minimum atomic E-state index is -0.517. The summed E-state index contributed by atoms with van der Waals surface area (Å²) in [6, 6.07) is 7.64. The van der Waals surface area contributed by atoms with Crippen LogP contribution in [-0.2, 0) is 4.79 Å². The molecule has 1 atom stereocenters. The van der Waals surface area contributed by atoms with Crippen molar-refractivity contribution in [2.75, 3.05) is 11.9 Å². The number of nitrogens with two attached hydrogens (primary N) is 1. The van der Waals surface area contributed by atoms with Gasteiger partial charge in [-0.2, -0.15) is 0 Å². The zero-order chi connectivity index (χ0) is 19.9. The Morgan fingerprint density at radius 1 is 1.32 bits per heavy atom. The van der Waals surface area contributed by atoms with E-state index in [2.05, 4.69) is 28.7 Å². The standard InChI is InChI=1S/C22H23BN4O/c1-3-5-21-19(9-11-26-23-21)18(4-2)20(13-24)22(28)27-17-7-6-16-14-25-10-8-15(16)12-17/h3-12,14,20,23,26H,1-2,13,24H2,(H,27,28)/b19-18+,21-5+. The monoisotopic (exact) mass is 370 g/mol. The van der Waals surface area contributed by atoms with Crippen LogP contribution in [-0.4, -0.2) is 24.9 Å². The first kappa shape index (κ1) is 19.4. The topological polar surface area (TPSA) is 80.0 Å². The predicted molar refractivity (Wildman–Crippen MR) is 118 cm³/mol. The molecule has 1 aromatic carbocycles. The molecule has 0 radical (unpaired) electrons. The maximum atomic E-state index is 13.0. The van der Waals surface area contributed by atoms with Gasteiger partial charge in [0.05, 0.1) is 5.92 Å². The van der Waals surface area contributed by atoms with Crippen molar-refractivity contribution < 1.29 is 4.79 Å². The number of amides is 1. The first-order valence-corrected chi connectivity index (χ1v) is 9.11. The van der Waals surface area contributed by atoms with Gasteiger partial charge in [-0.15, -0.1) is 0 Å². The number of nitrogens with one attached hydrogen (secondary N) is 2. The molecule has 1 aliphatic heterocycles. The molecule has 6 heteroatoms. The van der Waals surface area contributed by atoms with Crippen molar-refractivity contribution in [1.29, 1.82) is 0 Å². The van der Waals surface area contributed by atoms with Crippen LogP contribution in [0.3, 0.4) is 0 Å². The number of fused-ring (bicyclic) bond motifs is 1. The lowest BCUT2D eigenvalue weighted by Gasteiger charge is -2.22. The van der Waals surface area contributed by atoms with Gasteiger partial charge in [0.15, 0.2) is 0 Å². The summed E-state index contributed by atoms with van der Waals surface area (Å²) >= 11 is 0. The maximum Gasteiger partial charge on any atom is 0.267 e. The van der Waals surface area contributed by atoms with Crippen LogP contribution in [0.5, 0.6) is 0 Å². The number of rotatable bonds is 6. The average Bonchev–Trinajstić information content (AvgIpc) is 2.72. The smallest absolute Gasteiger partial charge is 0.267 e. The number of anilines is 1. The normalized spacial score (nSPS) is 17.4. The molecule has 0 saturated carbocycles. The summed E-state index contributed by atoms with van der Waals surface area (Å²) in [5.74, 6) is -0.681. The third-order valence-electron chi connectivity index (χ3n) is 4.69. The minimum Gasteiger partial charge on any atom is -0.433 e. The van der Waals surface area contributed by atoms with Crippen LogP contribution < -0.4 is 16.3 Å². The number of benzene rings is 1. The van der Waals surface area contributed by atoms with Crippen LogP contribution in [0.2, 0.25) is 0 Å². The lowest BCUT2D eigenvalue weighted by atomic mass is 9.72. The SMILES string of the molecule is C=C/C=C1/BNC=C/C1=C(/C=C)C(CN)C(=O)Nc1ccc2cnccc2c1. The Balaban J connectivity index is 1.92. The quantitative estimate of drug-likeness (QED) is 0.684. The number of carbonyl (C=O) groups is 1. The molecule has 1 aliphatic rings. The highest BCUT2D eigenvalue weighted by atomic mass is 16.1. The molecule has 5 nitrogen and oxygen atoms in total. The second-order valence-corrected chi connectivity index (χ2v) is 6.43. The van der Waals surface area contributed by atoms with Crippen LogP contribution in [0, 0.1) is 5.92 Å². The van der Waals surface area contributed by atoms with E-state index in [9.17, 15) is 4.79 Å². The van der Waals surface area contributed by atoms with Gasteiger partial charge in [0.25, 0.3) is 7.41 Å². The van der Waals surface area contributed by atoms with Crippen LogP contribution in [0.1, 0.15) is 0 Å². The zero-order valence-corrected chi connectivity index (χ0v) is 15.7. The summed E-state index contributed by atoms with van der Waals surface area (Å²) in [4.78, 5) is 17.1. The first-order chi connectivity index (χ1) is 13.7. The highest BCUT2D eigenvalue weighted by Crippen LogP contribution is 2.26. The van der Waals surface area contributed by atoms with Gasteiger partial charge in [-0.1, -0.05) is 42.9 Å². The fourth-order valence-corrected chi connectivity index (χ4v) is 3.29. The summed E-state index contributed by atoms with van der Waals surface area (Å²) in [6.45, 7) is 7.87. The Labute approximate surface area is 165 Å². The molecule has 2 aromatic rings. The highest BCUT2D eigenvalue weighted by molar-refractivity contribution is 6.45. The van der Waals surface area contributed by atoms with Crippen molar-refractivity contribution in [3.63, 3.8) is 0 Å². The van der Waals surface area contributed by atoms with E-state index in [1.165, 1.54) is 0 Å². The van der Waals surface area contributed by atoms with Crippen molar-refractivity contribution in [3.8, 4) is 0 Å². The molecule has 1 aromatic heterocycles. The Morgan fingerprint density at radius 3 is 2.93 bits per heavy atom. The third kappa shape index (κ3) is 4.13. The molecule has 140 valence electrons. The van der Waals surface area contributed by atoms with Crippen molar-refractivity contribution in [2.45, 2.75) is 0 Å². The van der Waals surface area contributed by atoms with Gasteiger partial charge in [-0.3, -0.25) is 9.78 Å². The lowest BCUT2D eigenvalue weighted by molar-refractivity contribution is -0.118. The largest absolute Gasteiger partial charge is 0.433 e. The van der Waals surface area contributed by atoms with Gasteiger partial charge in [0.1, 0.15) is 0 Å². The first-order valence-electron chi connectivity index (χ1n) is 9.11. The summed E-state index contributed by atoms with van der Waals surface area (Å²) in [5.41, 5.74) is 9.50. The van der Waals surface area contributed by atoms with Gasteiger partial charge >= 0.3 is 0 Å². The fraction of sp³-hybridized carbons (Fsp3) is 0.0909. The van der Waals surface area contributed by atoms with Gasteiger partial charge in [-0.05, 0) is 47.0 Å². The number of aromatic nitrogens is 1. The Morgan fingerprint density at radius 2 is 2.18 bits per heavy atom. The summed E-state index contributed by atoms with van der Waals surface area (Å²) < 4.78 is 0. The Hall–Kier alpha value is -3.38. The number of nitrogens with zero attached hydrogens (tertiary/aromatic N) is 1. The fourth-order valence-electron chi connectivity index (χ4n) is 3.29. The molecular weight excluding hydrogens is 347 g/mol. The van der Waals surface area contributed by atoms with Crippen LogP contribution in [0.25, 0.3) is 10.8 Å². The number of allylic oxidation sites excluding steroid dienone is 6. The van der Waals surface area contributed by atoms with Gasteiger partial charge < -0.3 is 16.3 Å². The molecule has 1 unspecified atom stereocenters. The predicted octanol–water partition coefficient (Wildman–Crippen LogP) is 2.77. The molecule has 2 heterocycles. The third-order valence-corrected chi connectivity index (χ3v) is 4.69. The van der Waals surface area contributed by atoms with Crippen molar-refractivity contribution in [2.24, 2.45) is 11.7 Å². The lowest BCUT2D eigenvalue weighted by Crippen LogP contribution is -2.32. The van der Waals surface area contributed by atoms with Gasteiger partial charge in [0, 0.05) is 30.0 Å². The number of pyridine rings is 1. The van der Waals surface area contributed by atoms with Crippen molar-refractivity contribution in [1.82, 2.24) is 10.2 Å². The summed E-state index contributed by atoms with van der Waals surface area (Å²) in [5, 5.41) is 8.18. The molecule has 3 rings (SSSR count). The maximum absolute atomic E-state index is 13.0. The van der Waals surface area contributed by atoms with E-state index < -0.39 is 5.92 Å². The molecule has 0 saturated heterocycles. The molecule has 28 heavy (non-hydrogen) atoms. The Kier molecular flexibility index (Phi) is 6.24. The zero-order valence-electron chi connectivity index (χ0n) is 15.7. The summed E-state index contributed by atoms with van der Waals surface area (Å²) in [7, 11) is 0.660. The van der Waals surface area contributed by atoms with E-state index in [0.29, 0.717) is 7.41 Å². The van der Waals surface area contributed by atoms with Crippen LogP contribution in [0.15, 0.2) is 96.9 Å². The van der Waals surface area contributed by atoms with E-state index >= 15 is 0 Å². The molecular formula is C22H23BN4O. The average molecular weight is 370 g/mol. The van der Waals surface area contributed by atoms with Crippen LogP contribution in [0.4, 0.5) is 5.69 Å². The van der Waals surface area contributed by atoms with E-state index in [0.717, 1.165) is 33.1 Å². The van der Waals surface area contributed by atoms with E-state index in [-0.39, 0.29) is 12.5 Å². The number of hydrogen-bond donors (Lipinski definition) is 3. The molecule has 4 N–H and O–H groups in total. The van der Waals surface area contributed by atoms with Crippen LogP contribution >= 0.6 is 0 Å². The van der Waals surface area contributed by atoms with Gasteiger partial charge in [-0.25, -0.2) is 0 Å². The van der Waals surface area contributed by atoms with E-state index in [1.807, 2.05) is 42.6 Å². The van der Waals surface area contributed by atoms with E-state index in [4.69, 9.17) is 5.73 Å². The molecule has 1 amide bonds. The van der Waals surface area contributed by atoms with Crippen molar-refractivity contribution >= 4 is 29.8 Å². The second-order valence-electron chi connectivity index (χ2n) is 6.43. The minimum absolute atomic E-state index is 0.164. The highest BCUT2D eigenvalue weighted by Gasteiger charge is 2.24. The van der Waals surface area contributed by atoms with Gasteiger partial charge in [0.2, 0.25) is 5.91 Å². The molecule has 0 spiro atoms. The second kappa shape index (κ2) is 9.02. The Bertz CT molecular complexity index is 1010. The molecule has 0 bridgehead atoms. The van der Waals surface area contributed by atoms with E-state index in [1.54, 1.807) is 24.5 Å². The molecule has 0 fully saturated rings. The number of carbonyl (C=O) groups excluding carboxylic acids is 1. The summed E-state index contributed by atoms with van der Waals surface area (Å²) in [6.07, 6.45) is 12.7. The number of hydrogen-bond acceptors (Lipinski definition) is 4. The van der Waals surface area contributed by atoms with Crippen molar-refractivity contribution in [3.05, 3.63) is 96.9 Å². The molecule has 0 aliphatic carbocycles.